The molecule has 0 atom stereocenters. The van der Waals surface area contributed by atoms with Crippen molar-refractivity contribution in [2.45, 2.75) is 62.1 Å². The van der Waals surface area contributed by atoms with Crippen molar-refractivity contribution in [3.8, 4) is 5.75 Å². The number of carboxylic acid groups (broad SMARTS) is 1. The van der Waals surface area contributed by atoms with E-state index in [-0.39, 0.29) is 5.69 Å². The fourth-order valence-electron chi connectivity index (χ4n) is 7.10. The van der Waals surface area contributed by atoms with Crippen LogP contribution >= 0.6 is 23.4 Å². The molecule has 7 rings (SSSR count). The largest absolute Gasteiger partial charge is 0.491 e. The zero-order chi connectivity index (χ0) is 33.2. The highest BCUT2D eigenvalue weighted by Crippen LogP contribution is 2.39. The maximum absolute atomic E-state index is 12.7. The fraction of sp³-hybridized carbons (Fsp3) is 0.417. The molecular weight excluding hydrogens is 646 g/mol. The minimum Gasteiger partial charge on any atom is -0.491 e. The van der Waals surface area contributed by atoms with Gasteiger partial charge in [0.1, 0.15) is 11.4 Å². The topological polar surface area (TPSA) is 109 Å². The molecule has 10 nitrogen and oxygen atoms in total. The Morgan fingerprint density at radius 3 is 2.85 bits per heavy atom. The molecule has 0 spiro atoms. The van der Waals surface area contributed by atoms with Crippen LogP contribution in [0.15, 0.2) is 46.0 Å². The molecule has 0 unspecified atom stereocenters. The van der Waals surface area contributed by atoms with Crippen LogP contribution in [0.4, 0.5) is 5.69 Å². The summed E-state index contributed by atoms with van der Waals surface area (Å²) in [5, 5.41) is 30.5. The second-order valence-electron chi connectivity index (χ2n) is 12.7. The number of ether oxygens (including phenoxy) is 1. The number of allylic oxidation sites excluding steroid dienone is 1. The summed E-state index contributed by atoms with van der Waals surface area (Å²) in [4.78, 5) is 13.8. The Morgan fingerprint density at radius 1 is 1.08 bits per heavy atom. The van der Waals surface area contributed by atoms with Crippen LogP contribution in [-0.4, -0.2) is 62.9 Å². The molecule has 2 aromatic heterocycles. The Balaban J connectivity index is 1.26. The van der Waals surface area contributed by atoms with Gasteiger partial charge in [0, 0.05) is 84.5 Å². The van der Waals surface area contributed by atoms with Crippen LogP contribution in [0.2, 0.25) is 5.02 Å². The number of carbonyl (C=O) groups is 1. The number of rotatable bonds is 1. The summed E-state index contributed by atoms with van der Waals surface area (Å²) in [6.07, 6.45) is 10.3. The average Bonchev–Trinajstić information content (AvgIpc) is 3.58. The van der Waals surface area contributed by atoms with Crippen molar-refractivity contribution in [2.75, 3.05) is 31.6 Å². The Hall–Kier alpha value is -3.93. The van der Waals surface area contributed by atoms with E-state index in [9.17, 15) is 9.90 Å². The molecule has 0 radical (unpaired) electrons. The number of aromatic carboxylic acids is 1. The highest BCUT2D eigenvalue weighted by atomic mass is 35.5. The lowest BCUT2D eigenvalue weighted by Gasteiger charge is -2.27. The zero-order valence-electron chi connectivity index (χ0n) is 27.5. The third-order valence-electron chi connectivity index (χ3n) is 9.43. The number of carboxylic acids is 1. The second kappa shape index (κ2) is 14.3. The normalized spacial score (nSPS) is 19.3. The number of halogens is 1. The van der Waals surface area contributed by atoms with E-state index in [2.05, 4.69) is 39.9 Å². The maximum atomic E-state index is 12.7. The maximum Gasteiger partial charge on any atom is 0.352 e. The fourth-order valence-corrected chi connectivity index (χ4v) is 8.30. The van der Waals surface area contributed by atoms with Gasteiger partial charge in [-0.25, -0.2) is 4.79 Å². The van der Waals surface area contributed by atoms with Gasteiger partial charge in [0.15, 0.2) is 0 Å². The van der Waals surface area contributed by atoms with E-state index in [1.807, 2.05) is 37.1 Å². The number of aromatic nitrogens is 3. The molecule has 4 aromatic rings. The summed E-state index contributed by atoms with van der Waals surface area (Å²) in [5.41, 5.74) is 8.32. The van der Waals surface area contributed by atoms with Crippen LogP contribution in [0.25, 0.3) is 17.0 Å². The number of aryl methyl sites for hydroxylation is 4. The molecule has 5 heterocycles. The minimum atomic E-state index is -0.948. The van der Waals surface area contributed by atoms with Crippen molar-refractivity contribution >= 4 is 58.2 Å². The van der Waals surface area contributed by atoms with E-state index in [4.69, 9.17) is 26.5 Å². The molecule has 0 saturated carbocycles. The Kier molecular flexibility index (Phi) is 9.70. The molecule has 2 aromatic carbocycles. The van der Waals surface area contributed by atoms with Crippen molar-refractivity contribution in [2.24, 2.45) is 19.2 Å². The molecular formula is C36H42ClN7O3S. The summed E-state index contributed by atoms with van der Waals surface area (Å²) in [7, 11) is 3.83. The Bertz CT molecular complexity index is 1910. The van der Waals surface area contributed by atoms with Crippen LogP contribution in [0.3, 0.4) is 0 Å². The number of nitrogens with zero attached hydrogens (tertiary/aromatic N) is 5. The zero-order valence-corrected chi connectivity index (χ0v) is 29.1. The molecule has 0 aliphatic carbocycles. The number of hydrogen-bond acceptors (Lipinski definition) is 8. The number of piperidine rings is 1. The van der Waals surface area contributed by atoms with Gasteiger partial charge in [0.2, 0.25) is 0 Å². The van der Waals surface area contributed by atoms with Crippen LogP contribution in [0, 0.1) is 0 Å². The summed E-state index contributed by atoms with van der Waals surface area (Å²) >= 11 is 8.65. The van der Waals surface area contributed by atoms with Crippen LogP contribution < -0.4 is 15.4 Å². The van der Waals surface area contributed by atoms with Crippen molar-refractivity contribution in [3.05, 3.63) is 74.8 Å². The number of benzene rings is 2. The first kappa shape index (κ1) is 32.6. The lowest BCUT2D eigenvalue weighted by molar-refractivity contribution is 0.0685. The number of hydrogen-bond donors (Lipinski definition) is 3. The van der Waals surface area contributed by atoms with E-state index in [1.54, 1.807) is 16.3 Å². The van der Waals surface area contributed by atoms with Gasteiger partial charge < -0.3 is 25.0 Å². The average molecular weight is 688 g/mol. The number of fused-ring (bicyclic) bond motifs is 7. The molecule has 3 N–H and O–H groups in total. The van der Waals surface area contributed by atoms with Crippen molar-refractivity contribution in [1.82, 2.24) is 24.7 Å². The highest BCUT2D eigenvalue weighted by Gasteiger charge is 2.24. The third kappa shape index (κ3) is 6.68. The first-order valence-corrected chi connectivity index (χ1v) is 18.2. The predicted molar refractivity (Wildman–Crippen MR) is 193 cm³/mol. The molecule has 12 heteroatoms. The first-order valence-electron chi connectivity index (χ1n) is 16.8. The summed E-state index contributed by atoms with van der Waals surface area (Å²) in [6, 6.07) is 10.4. The van der Waals surface area contributed by atoms with E-state index < -0.39 is 5.97 Å². The number of thioether (sulfide) groups is 1. The van der Waals surface area contributed by atoms with Crippen LogP contribution in [0.5, 0.6) is 5.75 Å². The lowest BCUT2D eigenvalue weighted by Crippen LogP contribution is -2.24. The van der Waals surface area contributed by atoms with Crippen LogP contribution in [0.1, 0.15) is 70.7 Å². The molecule has 0 amide bonds. The third-order valence-corrected chi connectivity index (χ3v) is 10.8. The number of anilines is 1. The van der Waals surface area contributed by atoms with Gasteiger partial charge in [-0.1, -0.05) is 17.7 Å². The van der Waals surface area contributed by atoms with E-state index in [0.29, 0.717) is 37.6 Å². The van der Waals surface area contributed by atoms with Gasteiger partial charge in [-0.3, -0.25) is 9.69 Å². The van der Waals surface area contributed by atoms with Gasteiger partial charge >= 0.3 is 5.97 Å². The SMILES string of the molecule is Cn1nc2cc1CSc1cc3c(c(c1)OCCCc1c(C(=O)O)n(C)c4c(c(Cl)ccc14)/C=C1\CCCCN1/N=C/CNC2)NCCC3. The Morgan fingerprint density at radius 2 is 1.98 bits per heavy atom. The smallest absolute Gasteiger partial charge is 0.352 e. The highest BCUT2D eigenvalue weighted by molar-refractivity contribution is 7.98. The summed E-state index contributed by atoms with van der Waals surface area (Å²) in [5.74, 6) is 0.706. The molecule has 3 aliphatic rings. The van der Waals surface area contributed by atoms with Gasteiger partial charge in [-0.2, -0.15) is 10.2 Å². The Labute approximate surface area is 290 Å². The number of hydrazone groups is 1. The summed E-state index contributed by atoms with van der Waals surface area (Å²) in [6.45, 7) is 3.46. The van der Waals surface area contributed by atoms with Gasteiger partial charge in [0.25, 0.3) is 0 Å². The molecule has 48 heavy (non-hydrogen) atoms. The van der Waals surface area contributed by atoms with Crippen molar-refractivity contribution < 1.29 is 14.6 Å². The predicted octanol–water partition coefficient (Wildman–Crippen LogP) is 6.84. The van der Waals surface area contributed by atoms with Gasteiger partial charge in [-0.05, 0) is 86.4 Å². The standard InChI is InChI=1S/C36H42ClN7O3S/c1-42-34-29-10-11-31(37)30(34)19-25-8-3-4-15-44(25)40-14-13-38-21-24-18-26(43(2)41-24)22-48-27-17-23-7-5-12-39-33(23)32(20-27)47-16-6-9-28(29)35(42)36(45)46/h10-11,14,17-20,38-39H,3-9,12-13,15-16,21-22H2,1-2H3,(H,45,46)/b25-19+,40-14+. The molecule has 252 valence electrons. The first-order chi connectivity index (χ1) is 23.4. The van der Waals surface area contributed by atoms with E-state index in [0.717, 1.165) is 106 Å². The molecule has 1 saturated heterocycles. The molecule has 3 aliphatic heterocycles. The monoisotopic (exact) mass is 687 g/mol. The minimum absolute atomic E-state index is 0.289. The van der Waals surface area contributed by atoms with Gasteiger partial charge in [-0.15, -0.1) is 11.8 Å². The van der Waals surface area contributed by atoms with E-state index in [1.165, 1.54) is 5.56 Å². The van der Waals surface area contributed by atoms with Crippen molar-refractivity contribution in [3.63, 3.8) is 0 Å². The second-order valence-corrected chi connectivity index (χ2v) is 14.1. The van der Waals surface area contributed by atoms with E-state index >= 15 is 0 Å². The van der Waals surface area contributed by atoms with Crippen LogP contribution in [-0.2, 0) is 39.2 Å². The van der Waals surface area contributed by atoms with Gasteiger partial charge in [0.05, 0.1) is 23.5 Å². The molecule has 1 fully saturated rings. The number of nitrogens with one attached hydrogen (secondary N) is 2. The van der Waals surface area contributed by atoms with Crippen molar-refractivity contribution in [1.29, 1.82) is 0 Å². The summed E-state index contributed by atoms with van der Waals surface area (Å²) < 4.78 is 10.2. The quantitative estimate of drug-likeness (QED) is 0.200. The lowest BCUT2D eigenvalue weighted by atomic mass is 10.0. The molecule has 8 bridgehead atoms.